The number of aliphatic hydroxyl groups is 1. The second kappa shape index (κ2) is 8.52. The molecule has 0 saturated carbocycles. The minimum Gasteiger partial charge on any atom is -0.503 e. The van der Waals surface area contributed by atoms with Crippen molar-refractivity contribution < 1.29 is 23.8 Å². The molecule has 6 heteroatoms. The maximum Gasteiger partial charge on any atom is 0.290 e. The third kappa shape index (κ3) is 3.84. The van der Waals surface area contributed by atoms with Gasteiger partial charge in [-0.2, -0.15) is 0 Å². The molecule has 0 aromatic heterocycles. The van der Waals surface area contributed by atoms with E-state index in [2.05, 4.69) is 0 Å². The number of methoxy groups -OCH3 is 2. The third-order valence-corrected chi connectivity index (χ3v) is 5.41. The minimum absolute atomic E-state index is 0.189. The van der Waals surface area contributed by atoms with Crippen LogP contribution in [-0.4, -0.2) is 30.1 Å². The van der Waals surface area contributed by atoms with Crippen molar-refractivity contribution in [3.8, 4) is 11.5 Å². The maximum atomic E-state index is 13.6. The summed E-state index contributed by atoms with van der Waals surface area (Å²) < 4.78 is 24.3. The summed E-state index contributed by atoms with van der Waals surface area (Å²) in [6, 6.07) is 20.0. The molecule has 1 aliphatic heterocycles. The molecule has 0 bridgehead atoms. The zero-order valence-electron chi connectivity index (χ0n) is 17.2. The highest BCUT2D eigenvalue weighted by molar-refractivity contribution is 6.05. The SMILES string of the molecule is COc1ccc(CN2C(=O)C(O)=C(c3ccccc3)[C@@H]2c2ccc(F)cc2)c(OC)c1. The van der Waals surface area contributed by atoms with E-state index in [-0.39, 0.29) is 18.1 Å². The lowest BCUT2D eigenvalue weighted by Crippen LogP contribution is -2.30. The van der Waals surface area contributed by atoms with Crippen molar-refractivity contribution in [3.05, 3.63) is 101 Å². The van der Waals surface area contributed by atoms with E-state index in [1.807, 2.05) is 36.4 Å². The number of carbonyl (C=O) groups is 1. The number of halogens is 1. The Balaban J connectivity index is 1.80. The first-order chi connectivity index (χ1) is 15.0. The van der Waals surface area contributed by atoms with Gasteiger partial charge < -0.3 is 19.5 Å². The first kappa shape index (κ1) is 20.5. The summed E-state index contributed by atoms with van der Waals surface area (Å²) in [5, 5.41) is 10.8. The zero-order valence-corrected chi connectivity index (χ0v) is 17.2. The van der Waals surface area contributed by atoms with E-state index in [4.69, 9.17) is 9.47 Å². The van der Waals surface area contributed by atoms with Gasteiger partial charge in [0.25, 0.3) is 5.91 Å². The molecular weight excluding hydrogens is 397 g/mol. The molecule has 4 rings (SSSR count). The van der Waals surface area contributed by atoms with E-state index in [9.17, 15) is 14.3 Å². The molecule has 0 spiro atoms. The monoisotopic (exact) mass is 419 g/mol. The topological polar surface area (TPSA) is 59.0 Å². The number of rotatable bonds is 6. The van der Waals surface area contributed by atoms with Gasteiger partial charge >= 0.3 is 0 Å². The van der Waals surface area contributed by atoms with Gasteiger partial charge in [0.15, 0.2) is 5.76 Å². The maximum absolute atomic E-state index is 13.6. The van der Waals surface area contributed by atoms with Gasteiger partial charge in [0.05, 0.1) is 26.8 Å². The molecule has 31 heavy (non-hydrogen) atoms. The van der Waals surface area contributed by atoms with Gasteiger partial charge in [0, 0.05) is 17.2 Å². The molecular formula is C25H22FNO4. The van der Waals surface area contributed by atoms with Crippen LogP contribution in [0.5, 0.6) is 11.5 Å². The Morgan fingerprint density at radius 2 is 1.68 bits per heavy atom. The van der Waals surface area contributed by atoms with E-state index >= 15 is 0 Å². The molecule has 1 aliphatic rings. The van der Waals surface area contributed by atoms with E-state index in [1.165, 1.54) is 12.1 Å². The standard InChI is InChI=1S/C25H22FNO4/c1-30-20-13-10-18(21(14-20)31-2)15-27-23(17-8-11-19(26)12-9-17)22(24(28)25(27)29)16-6-4-3-5-7-16/h3-14,23,28H,15H2,1-2H3/t23-/m0/s1. The molecule has 3 aromatic rings. The molecule has 0 saturated heterocycles. The quantitative estimate of drug-likeness (QED) is 0.618. The molecule has 0 fully saturated rings. The fourth-order valence-corrected chi connectivity index (χ4v) is 3.89. The number of ether oxygens (including phenoxy) is 2. The van der Waals surface area contributed by atoms with E-state index in [1.54, 1.807) is 43.4 Å². The molecule has 0 radical (unpaired) electrons. The predicted molar refractivity (Wildman–Crippen MR) is 115 cm³/mol. The minimum atomic E-state index is -0.581. The van der Waals surface area contributed by atoms with Crippen LogP contribution in [0.3, 0.4) is 0 Å². The van der Waals surface area contributed by atoms with Crippen LogP contribution >= 0.6 is 0 Å². The lowest BCUT2D eigenvalue weighted by molar-refractivity contribution is -0.130. The Morgan fingerprint density at radius 3 is 2.32 bits per heavy atom. The fourth-order valence-electron chi connectivity index (χ4n) is 3.89. The smallest absolute Gasteiger partial charge is 0.290 e. The van der Waals surface area contributed by atoms with Gasteiger partial charge in [-0.25, -0.2) is 4.39 Å². The van der Waals surface area contributed by atoms with Crippen LogP contribution in [-0.2, 0) is 11.3 Å². The summed E-state index contributed by atoms with van der Waals surface area (Å²) in [7, 11) is 3.11. The van der Waals surface area contributed by atoms with Gasteiger partial charge in [-0.3, -0.25) is 4.79 Å². The van der Waals surface area contributed by atoms with Crippen molar-refractivity contribution in [3.63, 3.8) is 0 Å². The largest absolute Gasteiger partial charge is 0.503 e. The number of hydrogen-bond donors (Lipinski definition) is 1. The summed E-state index contributed by atoms with van der Waals surface area (Å²) in [6.45, 7) is 0.189. The first-order valence-corrected chi connectivity index (χ1v) is 9.79. The molecule has 0 aliphatic carbocycles. The van der Waals surface area contributed by atoms with Crippen LogP contribution in [0, 0.1) is 5.82 Å². The van der Waals surface area contributed by atoms with Crippen molar-refractivity contribution in [1.29, 1.82) is 0 Å². The lowest BCUT2D eigenvalue weighted by Gasteiger charge is -2.28. The second-order valence-corrected chi connectivity index (χ2v) is 7.19. The first-order valence-electron chi connectivity index (χ1n) is 9.79. The highest BCUT2D eigenvalue weighted by atomic mass is 19.1. The van der Waals surface area contributed by atoms with E-state index in [0.717, 1.165) is 11.1 Å². The molecule has 1 N–H and O–H groups in total. The van der Waals surface area contributed by atoms with Gasteiger partial charge in [0.2, 0.25) is 0 Å². The van der Waals surface area contributed by atoms with Crippen LogP contribution in [0.1, 0.15) is 22.7 Å². The molecule has 3 aromatic carbocycles. The van der Waals surface area contributed by atoms with Crippen molar-refractivity contribution in [2.24, 2.45) is 0 Å². The molecule has 1 heterocycles. The Kier molecular flexibility index (Phi) is 5.62. The average molecular weight is 419 g/mol. The average Bonchev–Trinajstić information content (AvgIpc) is 3.05. The van der Waals surface area contributed by atoms with Gasteiger partial charge in [-0.1, -0.05) is 42.5 Å². The number of carbonyl (C=O) groups excluding carboxylic acids is 1. The highest BCUT2D eigenvalue weighted by Crippen LogP contribution is 2.44. The van der Waals surface area contributed by atoms with Crippen LogP contribution in [0.4, 0.5) is 4.39 Å². The molecule has 5 nitrogen and oxygen atoms in total. The molecule has 1 amide bonds. The predicted octanol–water partition coefficient (Wildman–Crippen LogP) is 4.90. The van der Waals surface area contributed by atoms with Gasteiger partial charge in [-0.05, 0) is 35.4 Å². The summed E-state index contributed by atoms with van der Waals surface area (Å²) in [4.78, 5) is 14.7. The Bertz CT molecular complexity index is 1130. The molecule has 158 valence electrons. The zero-order chi connectivity index (χ0) is 22.0. The summed E-state index contributed by atoms with van der Waals surface area (Å²) >= 11 is 0. The second-order valence-electron chi connectivity index (χ2n) is 7.19. The van der Waals surface area contributed by atoms with Crippen LogP contribution in [0.15, 0.2) is 78.6 Å². The number of nitrogens with zero attached hydrogens (tertiary/aromatic N) is 1. The number of benzene rings is 3. The Hall–Kier alpha value is -3.80. The Labute approximate surface area is 180 Å². The van der Waals surface area contributed by atoms with Gasteiger partial charge in [0.1, 0.15) is 17.3 Å². The molecule has 0 unspecified atom stereocenters. The van der Waals surface area contributed by atoms with Crippen LogP contribution < -0.4 is 9.47 Å². The number of hydrogen-bond acceptors (Lipinski definition) is 4. The van der Waals surface area contributed by atoms with Crippen molar-refractivity contribution in [2.45, 2.75) is 12.6 Å². The van der Waals surface area contributed by atoms with Crippen molar-refractivity contribution >= 4 is 11.5 Å². The van der Waals surface area contributed by atoms with E-state index in [0.29, 0.717) is 22.6 Å². The van der Waals surface area contributed by atoms with Gasteiger partial charge in [-0.15, -0.1) is 0 Å². The van der Waals surface area contributed by atoms with Crippen LogP contribution in [0.2, 0.25) is 0 Å². The van der Waals surface area contributed by atoms with E-state index < -0.39 is 11.9 Å². The fraction of sp³-hybridized carbons (Fsp3) is 0.160. The summed E-state index contributed by atoms with van der Waals surface area (Å²) in [5.41, 5.74) is 2.67. The Morgan fingerprint density at radius 1 is 0.968 bits per heavy atom. The van der Waals surface area contributed by atoms with Crippen LogP contribution in [0.25, 0.3) is 5.57 Å². The summed E-state index contributed by atoms with van der Waals surface area (Å²) in [5.74, 6) is 0.0250. The number of amides is 1. The third-order valence-electron chi connectivity index (χ3n) is 5.41. The summed E-state index contributed by atoms with van der Waals surface area (Å²) in [6.07, 6.45) is 0. The van der Waals surface area contributed by atoms with Crippen molar-refractivity contribution in [1.82, 2.24) is 4.90 Å². The van der Waals surface area contributed by atoms with Crippen molar-refractivity contribution in [2.75, 3.05) is 14.2 Å². The highest BCUT2D eigenvalue weighted by Gasteiger charge is 2.41. The normalized spacial score (nSPS) is 16.0. The molecule has 1 atom stereocenters. The lowest BCUT2D eigenvalue weighted by atomic mass is 9.93. The number of aliphatic hydroxyl groups excluding tert-OH is 1.